The van der Waals surface area contributed by atoms with Crippen molar-refractivity contribution in [2.24, 2.45) is 5.92 Å². The summed E-state index contributed by atoms with van der Waals surface area (Å²) in [6, 6.07) is -0.484. The summed E-state index contributed by atoms with van der Waals surface area (Å²) < 4.78 is 0. The van der Waals surface area contributed by atoms with Gasteiger partial charge in [-0.2, -0.15) is 0 Å². The van der Waals surface area contributed by atoms with Crippen LogP contribution in [0.3, 0.4) is 0 Å². The van der Waals surface area contributed by atoms with E-state index in [1.54, 1.807) is 6.92 Å². The minimum Gasteiger partial charge on any atom is -0.350 e. The highest BCUT2D eigenvalue weighted by Crippen LogP contribution is 2.07. The fourth-order valence-corrected chi connectivity index (χ4v) is 1.75. The molecule has 0 aromatic heterocycles. The monoisotopic (exact) mass is 277 g/mol. The summed E-state index contributed by atoms with van der Waals surface area (Å²) in [4.78, 5) is 23.6. The first-order valence-corrected chi connectivity index (χ1v) is 6.13. The second-order valence-electron chi connectivity index (χ2n) is 5.66. The molecule has 1 rings (SSSR count). The topological polar surface area (TPSA) is 70.2 Å². The molecule has 18 heavy (non-hydrogen) atoms. The molecule has 1 heterocycles. The highest BCUT2D eigenvalue weighted by molar-refractivity contribution is 5.88. The number of carbonyl (C=O) groups is 2. The van der Waals surface area contributed by atoms with Crippen LogP contribution in [0.2, 0.25) is 0 Å². The second kappa shape index (κ2) is 6.95. The molecule has 0 aliphatic carbocycles. The van der Waals surface area contributed by atoms with Gasteiger partial charge in [-0.25, -0.2) is 0 Å². The van der Waals surface area contributed by atoms with E-state index in [-0.39, 0.29) is 35.7 Å². The first-order valence-electron chi connectivity index (χ1n) is 6.13. The minimum absolute atomic E-state index is 0. The van der Waals surface area contributed by atoms with Crippen molar-refractivity contribution in [2.45, 2.75) is 45.7 Å². The molecule has 1 aliphatic heterocycles. The van der Waals surface area contributed by atoms with E-state index < -0.39 is 6.04 Å². The van der Waals surface area contributed by atoms with Crippen LogP contribution in [0.4, 0.5) is 0 Å². The molecule has 5 nitrogen and oxygen atoms in total. The van der Waals surface area contributed by atoms with E-state index in [0.29, 0.717) is 6.54 Å². The van der Waals surface area contributed by atoms with Crippen molar-refractivity contribution in [3.8, 4) is 0 Å². The molecule has 106 valence electrons. The molecule has 1 aliphatic rings. The van der Waals surface area contributed by atoms with E-state index in [1.165, 1.54) is 0 Å². The van der Waals surface area contributed by atoms with Gasteiger partial charge in [-0.15, -0.1) is 12.4 Å². The summed E-state index contributed by atoms with van der Waals surface area (Å²) in [6.07, 6.45) is 0.847. The number of hydrogen-bond donors (Lipinski definition) is 3. The highest BCUT2D eigenvalue weighted by atomic mass is 35.5. The lowest BCUT2D eigenvalue weighted by atomic mass is 10.1. The van der Waals surface area contributed by atoms with Crippen LogP contribution in [0.15, 0.2) is 0 Å². The Bertz CT molecular complexity index is 296. The number of carbonyl (C=O) groups excluding carboxylic acids is 2. The fourth-order valence-electron chi connectivity index (χ4n) is 1.75. The van der Waals surface area contributed by atoms with Crippen molar-refractivity contribution in [2.75, 3.05) is 13.1 Å². The molecule has 6 heteroatoms. The van der Waals surface area contributed by atoms with Gasteiger partial charge in [0.2, 0.25) is 11.8 Å². The van der Waals surface area contributed by atoms with E-state index >= 15 is 0 Å². The Morgan fingerprint density at radius 1 is 1.33 bits per heavy atom. The van der Waals surface area contributed by atoms with E-state index in [4.69, 9.17) is 0 Å². The van der Waals surface area contributed by atoms with Crippen LogP contribution < -0.4 is 16.0 Å². The van der Waals surface area contributed by atoms with Crippen molar-refractivity contribution in [1.29, 1.82) is 0 Å². The zero-order valence-corrected chi connectivity index (χ0v) is 12.3. The molecule has 1 saturated heterocycles. The lowest BCUT2D eigenvalue weighted by molar-refractivity contribution is -0.131. The standard InChI is InChI=1S/C12H23N3O2.ClH/c1-8(10(16)15-12(2,3)4)14-11(17)9-5-6-13-7-9;/h8-9,13H,5-7H2,1-4H3,(H,14,17)(H,15,16);1H. The van der Waals surface area contributed by atoms with Gasteiger partial charge in [-0.05, 0) is 40.7 Å². The molecular formula is C12H24ClN3O2. The Kier molecular flexibility index (Phi) is 6.63. The maximum Gasteiger partial charge on any atom is 0.242 e. The molecule has 0 aromatic rings. The van der Waals surface area contributed by atoms with Crippen LogP contribution in [-0.4, -0.2) is 36.5 Å². The van der Waals surface area contributed by atoms with Gasteiger partial charge in [0.25, 0.3) is 0 Å². The number of nitrogens with one attached hydrogen (secondary N) is 3. The third-order valence-corrected chi connectivity index (χ3v) is 2.68. The number of amides is 2. The predicted molar refractivity (Wildman–Crippen MR) is 73.7 cm³/mol. The van der Waals surface area contributed by atoms with Crippen molar-refractivity contribution in [3.63, 3.8) is 0 Å². The zero-order chi connectivity index (χ0) is 13.1. The molecule has 0 radical (unpaired) electrons. The molecule has 0 spiro atoms. The Balaban J connectivity index is 0.00000289. The molecule has 2 atom stereocenters. The van der Waals surface area contributed by atoms with Crippen LogP contribution in [0.1, 0.15) is 34.1 Å². The Morgan fingerprint density at radius 3 is 2.39 bits per heavy atom. The lowest BCUT2D eigenvalue weighted by Crippen LogP contribution is -2.51. The Morgan fingerprint density at radius 2 is 1.94 bits per heavy atom. The summed E-state index contributed by atoms with van der Waals surface area (Å²) in [5.74, 6) is -0.178. The van der Waals surface area contributed by atoms with Gasteiger partial charge < -0.3 is 16.0 Å². The summed E-state index contributed by atoms with van der Waals surface area (Å²) >= 11 is 0. The van der Waals surface area contributed by atoms with Crippen LogP contribution >= 0.6 is 12.4 Å². The molecule has 0 bridgehead atoms. The van der Waals surface area contributed by atoms with Crippen molar-refractivity contribution < 1.29 is 9.59 Å². The number of rotatable bonds is 3. The van der Waals surface area contributed by atoms with Crippen molar-refractivity contribution in [1.82, 2.24) is 16.0 Å². The molecule has 0 aromatic carbocycles. The molecule has 0 saturated carbocycles. The van der Waals surface area contributed by atoms with Gasteiger partial charge in [0.05, 0.1) is 5.92 Å². The van der Waals surface area contributed by atoms with Gasteiger partial charge >= 0.3 is 0 Å². The quantitative estimate of drug-likeness (QED) is 0.701. The van der Waals surface area contributed by atoms with E-state index in [2.05, 4.69) is 16.0 Å². The summed E-state index contributed by atoms with van der Waals surface area (Å²) in [5.41, 5.74) is -0.273. The van der Waals surface area contributed by atoms with Crippen molar-refractivity contribution >= 4 is 24.2 Å². The fraction of sp³-hybridized carbons (Fsp3) is 0.833. The molecule has 2 unspecified atom stereocenters. The van der Waals surface area contributed by atoms with Crippen LogP contribution in [0, 0.1) is 5.92 Å². The van der Waals surface area contributed by atoms with Crippen LogP contribution in [-0.2, 0) is 9.59 Å². The predicted octanol–water partition coefficient (Wildman–Crippen LogP) is 0.437. The van der Waals surface area contributed by atoms with E-state index in [0.717, 1.165) is 13.0 Å². The highest BCUT2D eigenvalue weighted by Gasteiger charge is 2.26. The molecule has 3 N–H and O–H groups in total. The maximum absolute atomic E-state index is 11.8. The van der Waals surface area contributed by atoms with Gasteiger partial charge in [0, 0.05) is 12.1 Å². The summed E-state index contributed by atoms with van der Waals surface area (Å²) in [6.45, 7) is 9.04. The lowest BCUT2D eigenvalue weighted by Gasteiger charge is -2.24. The molecule has 1 fully saturated rings. The normalized spacial score (nSPS) is 20.8. The summed E-state index contributed by atoms with van der Waals surface area (Å²) in [7, 11) is 0. The largest absolute Gasteiger partial charge is 0.350 e. The summed E-state index contributed by atoms with van der Waals surface area (Å²) in [5, 5.41) is 8.73. The van der Waals surface area contributed by atoms with Crippen LogP contribution in [0.5, 0.6) is 0 Å². The SMILES string of the molecule is CC(NC(=O)C1CCNC1)C(=O)NC(C)(C)C.Cl. The number of halogens is 1. The van der Waals surface area contributed by atoms with Gasteiger partial charge in [-0.1, -0.05) is 0 Å². The Labute approximate surface area is 115 Å². The average Bonchev–Trinajstić information content (AvgIpc) is 2.67. The maximum atomic E-state index is 11.8. The van der Waals surface area contributed by atoms with Gasteiger partial charge in [-0.3, -0.25) is 9.59 Å². The molecular weight excluding hydrogens is 254 g/mol. The Hall–Kier alpha value is -0.810. The third kappa shape index (κ3) is 5.69. The first kappa shape index (κ1) is 17.2. The van der Waals surface area contributed by atoms with Crippen LogP contribution in [0.25, 0.3) is 0 Å². The van der Waals surface area contributed by atoms with E-state index in [1.807, 2.05) is 20.8 Å². The average molecular weight is 278 g/mol. The smallest absolute Gasteiger partial charge is 0.242 e. The van der Waals surface area contributed by atoms with Crippen molar-refractivity contribution in [3.05, 3.63) is 0 Å². The van der Waals surface area contributed by atoms with Gasteiger partial charge in [0.1, 0.15) is 6.04 Å². The zero-order valence-electron chi connectivity index (χ0n) is 11.5. The van der Waals surface area contributed by atoms with E-state index in [9.17, 15) is 9.59 Å². The second-order valence-corrected chi connectivity index (χ2v) is 5.66. The minimum atomic E-state index is -0.484. The third-order valence-electron chi connectivity index (χ3n) is 2.68. The molecule has 2 amide bonds. The first-order chi connectivity index (χ1) is 7.79. The number of hydrogen-bond acceptors (Lipinski definition) is 3. The van der Waals surface area contributed by atoms with Gasteiger partial charge in [0.15, 0.2) is 0 Å².